The summed E-state index contributed by atoms with van der Waals surface area (Å²) in [5.41, 5.74) is 0.934. The number of sulfonamides is 1. The molecular formula is C24H29ClN6O5S. The van der Waals surface area contributed by atoms with E-state index in [4.69, 9.17) is 25.8 Å². The lowest BCUT2D eigenvalue weighted by atomic mass is 9.71. The number of nitrogens with zero attached hydrogens (tertiary/aromatic N) is 5. The molecule has 0 unspecified atom stereocenters. The van der Waals surface area contributed by atoms with Crippen LogP contribution in [-0.4, -0.2) is 59.7 Å². The normalized spacial score (nSPS) is 18.2. The second-order valence-corrected chi connectivity index (χ2v) is 12.1. The number of ether oxygens (including phenoxy) is 3. The molecule has 2 heterocycles. The van der Waals surface area contributed by atoms with Gasteiger partial charge >= 0.3 is 0 Å². The third kappa shape index (κ3) is 4.73. The monoisotopic (exact) mass is 548 g/mol. The Hall–Kier alpha value is -2.96. The topological polar surface area (TPSA) is 130 Å². The fourth-order valence-electron chi connectivity index (χ4n) is 5.01. The Bertz CT molecular complexity index is 1360. The molecule has 2 aromatic heterocycles. The second kappa shape index (κ2) is 9.73. The van der Waals surface area contributed by atoms with Crippen LogP contribution in [0.3, 0.4) is 0 Å². The maximum atomic E-state index is 13.6. The maximum absolute atomic E-state index is 13.6. The van der Waals surface area contributed by atoms with Gasteiger partial charge in [0, 0.05) is 25.4 Å². The van der Waals surface area contributed by atoms with E-state index in [2.05, 4.69) is 24.9 Å². The highest BCUT2D eigenvalue weighted by molar-refractivity contribution is 7.93. The number of anilines is 1. The lowest BCUT2D eigenvalue weighted by Crippen LogP contribution is -2.33. The Morgan fingerprint density at radius 2 is 1.70 bits per heavy atom. The molecule has 13 heteroatoms. The van der Waals surface area contributed by atoms with Gasteiger partial charge in [0.1, 0.15) is 34.4 Å². The van der Waals surface area contributed by atoms with Crippen molar-refractivity contribution in [2.24, 2.45) is 5.41 Å². The van der Waals surface area contributed by atoms with Crippen LogP contribution < -0.4 is 14.2 Å². The number of nitrogens with one attached hydrogen (secondary N) is 1. The fourth-order valence-corrected chi connectivity index (χ4v) is 6.24. The van der Waals surface area contributed by atoms with Crippen molar-refractivity contribution >= 4 is 27.6 Å². The van der Waals surface area contributed by atoms with Gasteiger partial charge in [0.25, 0.3) is 0 Å². The van der Waals surface area contributed by atoms with Crippen LogP contribution in [0.25, 0.3) is 5.69 Å². The Kier molecular flexibility index (Phi) is 6.75. The van der Waals surface area contributed by atoms with Crippen molar-refractivity contribution in [3.05, 3.63) is 47.3 Å². The molecule has 2 aliphatic carbocycles. The number of aromatic nitrogens is 5. The molecule has 2 aliphatic rings. The first kappa shape index (κ1) is 25.7. The zero-order chi connectivity index (χ0) is 26.4. The van der Waals surface area contributed by atoms with Gasteiger partial charge in [-0.3, -0.25) is 9.29 Å². The van der Waals surface area contributed by atoms with Gasteiger partial charge in [-0.15, -0.1) is 10.2 Å². The Morgan fingerprint density at radius 1 is 1.08 bits per heavy atom. The SMILES string of the molecule is COc1cccc(OC)c1-n1c(NS(=O)(=O)[C@@H](C)[C@H](OC)c2ncc(Cl)cn2)nnc1C1CC2(CC2)C1. The van der Waals surface area contributed by atoms with Crippen molar-refractivity contribution in [3.63, 3.8) is 0 Å². The first-order valence-corrected chi connectivity index (χ1v) is 13.8. The van der Waals surface area contributed by atoms with Crippen molar-refractivity contribution in [2.75, 3.05) is 26.1 Å². The van der Waals surface area contributed by atoms with Crippen molar-refractivity contribution in [1.82, 2.24) is 24.7 Å². The molecule has 0 radical (unpaired) electrons. The molecule has 5 rings (SSSR count). The van der Waals surface area contributed by atoms with Crippen LogP contribution in [0.15, 0.2) is 30.6 Å². The minimum Gasteiger partial charge on any atom is -0.494 e. The summed E-state index contributed by atoms with van der Waals surface area (Å²) >= 11 is 5.89. The average molecular weight is 549 g/mol. The van der Waals surface area contributed by atoms with E-state index in [1.54, 1.807) is 37.0 Å². The lowest BCUT2D eigenvalue weighted by Gasteiger charge is -2.35. The highest BCUT2D eigenvalue weighted by Crippen LogP contribution is 2.66. The Labute approximate surface area is 220 Å². The zero-order valence-corrected chi connectivity index (χ0v) is 22.6. The number of hydrogen-bond acceptors (Lipinski definition) is 9. The second-order valence-electron chi connectivity index (χ2n) is 9.60. The van der Waals surface area contributed by atoms with Gasteiger partial charge in [-0.2, -0.15) is 0 Å². The van der Waals surface area contributed by atoms with E-state index in [-0.39, 0.29) is 17.7 Å². The molecule has 0 bridgehead atoms. The van der Waals surface area contributed by atoms with Gasteiger partial charge in [-0.05, 0) is 50.2 Å². The molecule has 37 heavy (non-hydrogen) atoms. The minimum atomic E-state index is -4.06. The highest BCUT2D eigenvalue weighted by atomic mass is 35.5. The van der Waals surface area contributed by atoms with Gasteiger partial charge < -0.3 is 14.2 Å². The van der Waals surface area contributed by atoms with E-state index in [0.29, 0.717) is 33.4 Å². The summed E-state index contributed by atoms with van der Waals surface area (Å²) in [7, 11) is 0.440. The van der Waals surface area contributed by atoms with Gasteiger partial charge in [0.2, 0.25) is 16.0 Å². The van der Waals surface area contributed by atoms with Crippen molar-refractivity contribution in [2.45, 2.75) is 49.9 Å². The van der Waals surface area contributed by atoms with Crippen molar-refractivity contribution in [3.8, 4) is 17.2 Å². The zero-order valence-electron chi connectivity index (χ0n) is 21.0. The number of methoxy groups -OCH3 is 3. The molecule has 0 amide bonds. The predicted molar refractivity (Wildman–Crippen MR) is 137 cm³/mol. The Balaban J connectivity index is 1.54. The molecule has 198 valence electrons. The predicted octanol–water partition coefficient (Wildman–Crippen LogP) is 3.90. The summed E-state index contributed by atoms with van der Waals surface area (Å²) in [5, 5.41) is 7.97. The number of benzene rings is 1. The fraction of sp³-hybridized carbons (Fsp3) is 0.500. The van der Waals surface area contributed by atoms with Crippen LogP contribution in [-0.2, 0) is 14.8 Å². The van der Waals surface area contributed by atoms with Gasteiger partial charge in [0.05, 0.1) is 19.2 Å². The third-order valence-corrected chi connectivity index (χ3v) is 9.18. The quantitative estimate of drug-likeness (QED) is 0.400. The first-order chi connectivity index (χ1) is 17.7. The van der Waals surface area contributed by atoms with Crippen LogP contribution in [0.1, 0.15) is 56.3 Å². The molecule has 1 aromatic carbocycles. The van der Waals surface area contributed by atoms with Crippen LogP contribution in [0.5, 0.6) is 11.5 Å². The van der Waals surface area contributed by atoms with Crippen molar-refractivity contribution in [1.29, 1.82) is 0 Å². The van der Waals surface area contributed by atoms with Crippen LogP contribution >= 0.6 is 11.6 Å². The molecule has 2 atom stereocenters. The van der Waals surface area contributed by atoms with E-state index in [1.807, 2.05) is 0 Å². The van der Waals surface area contributed by atoms with Crippen LogP contribution in [0.4, 0.5) is 5.95 Å². The molecule has 0 saturated heterocycles. The number of halogens is 1. The average Bonchev–Trinajstić information content (AvgIpc) is 3.59. The van der Waals surface area contributed by atoms with E-state index in [0.717, 1.165) is 12.8 Å². The molecule has 11 nitrogen and oxygen atoms in total. The summed E-state index contributed by atoms with van der Waals surface area (Å²) in [6.07, 6.45) is 6.26. The Morgan fingerprint density at radius 3 is 2.24 bits per heavy atom. The highest BCUT2D eigenvalue weighted by Gasteiger charge is 2.54. The molecule has 2 fully saturated rings. The summed E-state index contributed by atoms with van der Waals surface area (Å²) in [4.78, 5) is 8.28. The smallest absolute Gasteiger partial charge is 0.243 e. The van der Waals surface area contributed by atoms with Gasteiger partial charge in [-0.25, -0.2) is 18.4 Å². The van der Waals surface area contributed by atoms with E-state index in [9.17, 15) is 8.42 Å². The molecule has 2 saturated carbocycles. The summed E-state index contributed by atoms with van der Waals surface area (Å²) in [5.74, 6) is 2.04. The lowest BCUT2D eigenvalue weighted by molar-refractivity contribution is 0.0950. The molecule has 3 aromatic rings. The first-order valence-electron chi connectivity index (χ1n) is 11.9. The van der Waals surface area contributed by atoms with Crippen molar-refractivity contribution < 1.29 is 22.6 Å². The molecule has 0 aliphatic heterocycles. The van der Waals surface area contributed by atoms with E-state index < -0.39 is 21.4 Å². The summed E-state index contributed by atoms with van der Waals surface area (Å²) in [6, 6.07) is 5.37. The minimum absolute atomic E-state index is 0.0354. The number of hydrogen-bond donors (Lipinski definition) is 1. The molecular weight excluding hydrogens is 520 g/mol. The van der Waals surface area contributed by atoms with E-state index in [1.165, 1.54) is 39.3 Å². The third-order valence-electron chi connectivity index (χ3n) is 7.29. The van der Waals surface area contributed by atoms with Gasteiger partial charge in [-0.1, -0.05) is 17.7 Å². The van der Waals surface area contributed by atoms with Gasteiger partial charge in [0.15, 0.2) is 5.82 Å². The maximum Gasteiger partial charge on any atom is 0.243 e. The van der Waals surface area contributed by atoms with E-state index >= 15 is 0 Å². The number of rotatable bonds is 10. The molecule has 1 N–H and O–H groups in total. The summed E-state index contributed by atoms with van der Waals surface area (Å²) in [6.45, 7) is 1.52. The molecule has 1 spiro atoms. The van der Waals surface area contributed by atoms with Crippen LogP contribution in [0, 0.1) is 5.41 Å². The van der Waals surface area contributed by atoms with Crippen LogP contribution in [0.2, 0.25) is 5.02 Å². The number of para-hydroxylation sites is 1. The standard InChI is InChI=1S/C24H29ClN6O5S/c1-14(20(36-4)21-26-12-16(25)13-27-21)37(32,33)30-23-29-28-22(15-10-24(11-15)8-9-24)31(23)19-17(34-2)6-5-7-18(19)35-3/h5-7,12-15,20H,8-11H2,1-4H3,(H,29,30)/t14-,20-/m0/s1. The summed E-state index contributed by atoms with van der Waals surface area (Å²) < 4.78 is 48.2. The largest absolute Gasteiger partial charge is 0.494 e.